The topological polar surface area (TPSA) is 47.3 Å². The minimum absolute atomic E-state index is 0. The van der Waals surface area contributed by atoms with E-state index in [1.807, 2.05) is 69.4 Å². The van der Waals surface area contributed by atoms with Crippen molar-refractivity contribution >= 4 is 12.4 Å². The van der Waals surface area contributed by atoms with Gasteiger partial charge in [0.2, 0.25) is 0 Å². The number of halogens is 4. The number of hydrogen-bond donors (Lipinski definition) is 2. The second kappa shape index (κ2) is 14.0. The summed E-state index contributed by atoms with van der Waals surface area (Å²) in [5.41, 5.74) is 7.40. The van der Waals surface area contributed by atoms with E-state index in [9.17, 15) is 13.2 Å². The lowest BCUT2D eigenvalue weighted by Gasteiger charge is -2.20. The Morgan fingerprint density at radius 1 is 0.853 bits per heavy atom. The molecule has 3 aromatic carbocycles. The van der Waals surface area contributed by atoms with E-state index in [4.69, 9.17) is 10.5 Å². The molecule has 1 unspecified atom stereocenters. The fourth-order valence-corrected chi connectivity index (χ4v) is 3.25. The van der Waals surface area contributed by atoms with Crippen LogP contribution in [-0.4, -0.2) is 19.1 Å². The minimum atomic E-state index is -4.33. The maximum absolute atomic E-state index is 12.6. The highest BCUT2D eigenvalue weighted by molar-refractivity contribution is 5.85. The van der Waals surface area contributed by atoms with Gasteiger partial charge in [-0.3, -0.25) is 0 Å². The Labute approximate surface area is 206 Å². The number of ether oxygens (including phenoxy) is 1. The number of nitrogens with one attached hydrogen (secondary N) is 1. The first kappa shape index (κ1) is 29.5. The summed E-state index contributed by atoms with van der Waals surface area (Å²) in [5.74, 6) is 0.429. The van der Waals surface area contributed by atoms with Gasteiger partial charge in [-0.2, -0.15) is 13.2 Å². The van der Waals surface area contributed by atoms with Gasteiger partial charge in [-0.1, -0.05) is 60.7 Å². The molecule has 0 heterocycles. The second-order valence-corrected chi connectivity index (χ2v) is 8.58. The van der Waals surface area contributed by atoms with E-state index in [0.717, 1.165) is 37.1 Å². The van der Waals surface area contributed by atoms with Crippen LogP contribution in [0.5, 0.6) is 5.75 Å². The lowest BCUT2D eigenvalue weighted by molar-refractivity contribution is -0.137. The summed E-state index contributed by atoms with van der Waals surface area (Å²) in [6.45, 7) is 4.83. The van der Waals surface area contributed by atoms with E-state index in [0.29, 0.717) is 5.75 Å². The van der Waals surface area contributed by atoms with Crippen molar-refractivity contribution in [3.8, 4) is 5.75 Å². The van der Waals surface area contributed by atoms with Crippen LogP contribution in [0, 0.1) is 0 Å². The number of nitrogens with two attached hydrogens (primary N) is 1. The fraction of sp³-hybridized carbons (Fsp3) is 0.333. The van der Waals surface area contributed by atoms with Gasteiger partial charge in [0, 0.05) is 12.0 Å². The minimum Gasteiger partial charge on any atom is -0.486 e. The number of rotatable bonds is 8. The molecular formula is C27H34ClF3N2O. The molecule has 0 saturated carbocycles. The molecule has 186 valence electrons. The first-order chi connectivity index (χ1) is 15.6. The van der Waals surface area contributed by atoms with Crippen molar-refractivity contribution < 1.29 is 17.9 Å². The SMILES string of the molecule is CC(C)(N)Cc1ccccc1.CNCCC(Oc1ccc(C(F)(F)F)cc1)c1ccccc1.Cl. The molecule has 0 fully saturated rings. The summed E-state index contributed by atoms with van der Waals surface area (Å²) in [5, 5.41) is 3.05. The number of alkyl halides is 3. The Hall–Kier alpha value is -2.54. The zero-order chi connectivity index (χ0) is 24.3. The molecule has 0 radical (unpaired) electrons. The van der Waals surface area contributed by atoms with Crippen LogP contribution >= 0.6 is 12.4 Å². The summed E-state index contributed by atoms with van der Waals surface area (Å²) >= 11 is 0. The second-order valence-electron chi connectivity index (χ2n) is 8.58. The molecule has 3 rings (SSSR count). The van der Waals surface area contributed by atoms with E-state index >= 15 is 0 Å². The van der Waals surface area contributed by atoms with Gasteiger partial charge in [0.15, 0.2) is 0 Å². The molecular weight excluding hydrogens is 461 g/mol. The van der Waals surface area contributed by atoms with Crippen molar-refractivity contribution in [3.63, 3.8) is 0 Å². The molecule has 1 atom stereocenters. The number of hydrogen-bond acceptors (Lipinski definition) is 3. The molecule has 0 aliphatic heterocycles. The monoisotopic (exact) mass is 494 g/mol. The molecule has 3 aromatic rings. The highest BCUT2D eigenvalue weighted by Gasteiger charge is 2.30. The van der Waals surface area contributed by atoms with Crippen molar-refractivity contribution in [2.24, 2.45) is 5.73 Å². The molecule has 0 amide bonds. The average Bonchev–Trinajstić information content (AvgIpc) is 2.77. The first-order valence-corrected chi connectivity index (χ1v) is 10.9. The third-order valence-corrected chi connectivity index (χ3v) is 4.79. The summed E-state index contributed by atoms with van der Waals surface area (Å²) in [6, 6.07) is 24.8. The van der Waals surface area contributed by atoms with E-state index in [-0.39, 0.29) is 24.0 Å². The largest absolute Gasteiger partial charge is 0.486 e. The first-order valence-electron chi connectivity index (χ1n) is 10.9. The summed E-state index contributed by atoms with van der Waals surface area (Å²) < 4.78 is 43.6. The van der Waals surface area contributed by atoms with Crippen molar-refractivity contribution in [3.05, 3.63) is 102 Å². The maximum Gasteiger partial charge on any atom is 0.416 e. The van der Waals surface area contributed by atoms with Gasteiger partial charge in [-0.25, -0.2) is 0 Å². The molecule has 0 saturated heterocycles. The molecule has 0 spiro atoms. The predicted octanol–water partition coefficient (Wildman–Crippen LogP) is 6.82. The van der Waals surface area contributed by atoms with Gasteiger partial charge >= 0.3 is 6.18 Å². The van der Waals surface area contributed by atoms with Gasteiger partial charge in [0.1, 0.15) is 11.9 Å². The zero-order valence-electron chi connectivity index (χ0n) is 19.8. The van der Waals surface area contributed by atoms with Crippen LogP contribution in [0.15, 0.2) is 84.9 Å². The third kappa shape index (κ3) is 11.1. The summed E-state index contributed by atoms with van der Waals surface area (Å²) in [7, 11) is 1.85. The standard InChI is InChI=1S/C17H18F3NO.C10H15N.ClH/c1-21-12-11-16(13-5-3-2-4-6-13)22-15-9-7-14(8-10-15)17(18,19)20;1-10(2,11)8-9-6-4-3-5-7-9;/h2-10,16,21H,11-12H2,1H3;3-7H,8,11H2,1-2H3;1H. The van der Waals surface area contributed by atoms with Gasteiger partial charge in [0.25, 0.3) is 0 Å². The van der Waals surface area contributed by atoms with Gasteiger partial charge in [-0.05, 0) is 69.3 Å². The van der Waals surface area contributed by atoms with Crippen LogP contribution in [0.1, 0.15) is 43.1 Å². The smallest absolute Gasteiger partial charge is 0.416 e. The normalized spacial score (nSPS) is 12.1. The lowest BCUT2D eigenvalue weighted by atomic mass is 9.96. The van der Waals surface area contributed by atoms with E-state index in [1.165, 1.54) is 17.7 Å². The lowest BCUT2D eigenvalue weighted by Crippen LogP contribution is -2.34. The Kier molecular flexibility index (Phi) is 12.1. The molecule has 3 nitrogen and oxygen atoms in total. The summed E-state index contributed by atoms with van der Waals surface area (Å²) in [4.78, 5) is 0. The van der Waals surface area contributed by atoms with Gasteiger partial charge in [-0.15, -0.1) is 12.4 Å². The van der Waals surface area contributed by atoms with Crippen molar-refractivity contribution in [2.45, 2.75) is 44.5 Å². The van der Waals surface area contributed by atoms with E-state index < -0.39 is 11.7 Å². The van der Waals surface area contributed by atoms with Crippen LogP contribution in [-0.2, 0) is 12.6 Å². The fourth-order valence-electron chi connectivity index (χ4n) is 3.25. The van der Waals surface area contributed by atoms with Crippen molar-refractivity contribution in [1.29, 1.82) is 0 Å². The van der Waals surface area contributed by atoms with E-state index in [1.54, 1.807) is 0 Å². The Morgan fingerprint density at radius 2 is 1.38 bits per heavy atom. The molecule has 7 heteroatoms. The molecule has 34 heavy (non-hydrogen) atoms. The molecule has 0 aromatic heterocycles. The van der Waals surface area contributed by atoms with Crippen LogP contribution in [0.4, 0.5) is 13.2 Å². The molecule has 0 aliphatic rings. The van der Waals surface area contributed by atoms with Gasteiger partial charge in [0.05, 0.1) is 5.56 Å². The third-order valence-electron chi connectivity index (χ3n) is 4.79. The molecule has 0 bridgehead atoms. The average molecular weight is 495 g/mol. The predicted molar refractivity (Wildman–Crippen MR) is 135 cm³/mol. The van der Waals surface area contributed by atoms with Crippen LogP contribution < -0.4 is 15.8 Å². The highest BCUT2D eigenvalue weighted by atomic mass is 35.5. The van der Waals surface area contributed by atoms with Crippen LogP contribution in [0.2, 0.25) is 0 Å². The zero-order valence-corrected chi connectivity index (χ0v) is 20.6. The van der Waals surface area contributed by atoms with Crippen molar-refractivity contribution in [1.82, 2.24) is 5.32 Å². The Morgan fingerprint density at radius 3 is 1.85 bits per heavy atom. The Bertz CT molecular complexity index is 928. The van der Waals surface area contributed by atoms with E-state index in [2.05, 4.69) is 17.4 Å². The van der Waals surface area contributed by atoms with Crippen LogP contribution in [0.3, 0.4) is 0 Å². The highest BCUT2D eigenvalue weighted by Crippen LogP contribution is 2.31. The summed E-state index contributed by atoms with van der Waals surface area (Å²) in [6.07, 6.45) is -2.87. The number of benzene rings is 3. The van der Waals surface area contributed by atoms with Gasteiger partial charge < -0.3 is 15.8 Å². The molecule has 3 N–H and O–H groups in total. The maximum atomic E-state index is 12.6. The van der Waals surface area contributed by atoms with Crippen LogP contribution in [0.25, 0.3) is 0 Å². The van der Waals surface area contributed by atoms with Crippen molar-refractivity contribution in [2.75, 3.05) is 13.6 Å². The Balaban J connectivity index is 0.000000407. The quantitative estimate of drug-likeness (QED) is 0.361. The molecule has 0 aliphatic carbocycles.